The second-order valence-corrected chi connectivity index (χ2v) is 8.45. The second-order valence-electron chi connectivity index (χ2n) is 7.39. The zero-order chi connectivity index (χ0) is 22.5. The van der Waals surface area contributed by atoms with Crippen LogP contribution in [0, 0.1) is 0 Å². The van der Waals surface area contributed by atoms with Gasteiger partial charge in [-0.25, -0.2) is 9.79 Å². The van der Waals surface area contributed by atoms with E-state index in [9.17, 15) is 9.59 Å². The largest absolute Gasteiger partial charge is 0.489 e. The third-order valence-electron chi connectivity index (χ3n) is 5.20. The van der Waals surface area contributed by atoms with Crippen LogP contribution in [0.4, 0.5) is 0 Å². The van der Waals surface area contributed by atoms with Crippen molar-refractivity contribution in [1.82, 2.24) is 4.90 Å². The van der Waals surface area contributed by atoms with Crippen molar-refractivity contribution in [3.8, 4) is 5.75 Å². The lowest BCUT2D eigenvalue weighted by Crippen LogP contribution is -2.45. The molecule has 2 aliphatic heterocycles. The van der Waals surface area contributed by atoms with E-state index in [1.807, 2.05) is 54.6 Å². The Labute approximate surface area is 191 Å². The lowest BCUT2D eigenvalue weighted by Gasteiger charge is -2.38. The first-order valence-electron chi connectivity index (χ1n) is 10.4. The lowest BCUT2D eigenvalue weighted by atomic mass is 9.94. The summed E-state index contributed by atoms with van der Waals surface area (Å²) in [6, 6.07) is 16.8. The number of fused-ring (bicyclic) bond motifs is 1. The Balaban J connectivity index is 1.63. The minimum Gasteiger partial charge on any atom is -0.489 e. The number of thioether (sulfide) groups is 1. The van der Waals surface area contributed by atoms with Gasteiger partial charge >= 0.3 is 5.97 Å². The minimum atomic E-state index is -0.594. The fourth-order valence-electron chi connectivity index (χ4n) is 3.67. The van der Waals surface area contributed by atoms with Gasteiger partial charge in [0.25, 0.3) is 0 Å². The quantitative estimate of drug-likeness (QED) is 0.456. The van der Waals surface area contributed by atoms with Gasteiger partial charge in [0.05, 0.1) is 17.3 Å². The maximum absolute atomic E-state index is 12.9. The number of carbonyl (C=O) groups excluding carboxylic acids is 2. The van der Waals surface area contributed by atoms with Crippen LogP contribution in [0.3, 0.4) is 0 Å². The van der Waals surface area contributed by atoms with Gasteiger partial charge in [0.2, 0.25) is 5.91 Å². The number of aliphatic imine (C=N–C) groups is 1. The number of carbonyl (C=O) groups is 2. The molecule has 0 aromatic heterocycles. The summed E-state index contributed by atoms with van der Waals surface area (Å²) < 4.78 is 11.2. The first-order chi connectivity index (χ1) is 15.6. The summed E-state index contributed by atoms with van der Waals surface area (Å²) in [7, 11) is 0. The number of rotatable bonds is 7. The maximum Gasteiger partial charge on any atom is 0.338 e. The molecule has 7 heteroatoms. The van der Waals surface area contributed by atoms with Crippen LogP contribution in [0.1, 0.15) is 30.5 Å². The average Bonchev–Trinajstić information content (AvgIpc) is 2.81. The molecule has 1 fully saturated rings. The van der Waals surface area contributed by atoms with Crippen LogP contribution < -0.4 is 4.74 Å². The number of allylic oxidation sites excluding steroid dienone is 1. The van der Waals surface area contributed by atoms with Crippen molar-refractivity contribution in [3.63, 3.8) is 0 Å². The maximum atomic E-state index is 12.9. The molecule has 0 spiro atoms. The SMILES string of the molecule is C=CCOC(=O)C1=C(C)N=C2SCCC(=O)N2[C@H]1c1ccc(OCc2ccccc2)cc1. The predicted octanol–water partition coefficient (Wildman–Crippen LogP) is 4.65. The molecule has 1 saturated heterocycles. The molecule has 4 rings (SSSR count). The summed E-state index contributed by atoms with van der Waals surface area (Å²) in [5.74, 6) is 0.830. The molecular weight excluding hydrogens is 424 g/mol. The van der Waals surface area contributed by atoms with Crippen molar-refractivity contribution in [2.75, 3.05) is 12.4 Å². The molecule has 1 atom stereocenters. The predicted molar refractivity (Wildman–Crippen MR) is 125 cm³/mol. The molecule has 0 N–H and O–H groups in total. The molecule has 2 heterocycles. The van der Waals surface area contributed by atoms with Gasteiger partial charge in [-0.3, -0.25) is 9.69 Å². The highest BCUT2D eigenvalue weighted by Gasteiger charge is 2.41. The molecular formula is C25H24N2O4S. The number of nitrogens with zero attached hydrogens (tertiary/aromatic N) is 2. The molecule has 2 aromatic rings. The van der Waals surface area contributed by atoms with Gasteiger partial charge in [0.15, 0.2) is 5.17 Å². The molecule has 0 unspecified atom stereocenters. The molecule has 6 nitrogen and oxygen atoms in total. The highest BCUT2D eigenvalue weighted by Crippen LogP contribution is 2.40. The van der Waals surface area contributed by atoms with Crippen LogP contribution in [0.2, 0.25) is 0 Å². The van der Waals surface area contributed by atoms with Crippen LogP contribution in [0.25, 0.3) is 0 Å². The number of amides is 1. The molecule has 0 saturated carbocycles. The molecule has 1 amide bonds. The Morgan fingerprint density at radius 3 is 2.69 bits per heavy atom. The number of hydrogen-bond acceptors (Lipinski definition) is 6. The van der Waals surface area contributed by atoms with Gasteiger partial charge in [-0.05, 0) is 30.2 Å². The molecule has 0 radical (unpaired) electrons. The normalized spacial score (nSPS) is 18.0. The van der Waals surface area contributed by atoms with Crippen LogP contribution in [-0.4, -0.2) is 34.3 Å². The molecule has 32 heavy (non-hydrogen) atoms. The fraction of sp³-hybridized carbons (Fsp3) is 0.240. The summed E-state index contributed by atoms with van der Waals surface area (Å²) in [6.45, 7) is 5.92. The Kier molecular flexibility index (Phi) is 6.75. The molecule has 2 aromatic carbocycles. The van der Waals surface area contributed by atoms with E-state index in [1.54, 1.807) is 11.8 Å². The molecule has 2 aliphatic rings. The number of amidine groups is 1. The van der Waals surface area contributed by atoms with Crippen LogP contribution in [0.15, 0.2) is 83.5 Å². The van der Waals surface area contributed by atoms with E-state index in [-0.39, 0.29) is 12.5 Å². The van der Waals surface area contributed by atoms with Gasteiger partial charge < -0.3 is 9.47 Å². The van der Waals surface area contributed by atoms with Crippen molar-refractivity contribution in [2.24, 2.45) is 4.99 Å². The molecule has 164 valence electrons. The van der Waals surface area contributed by atoms with E-state index in [2.05, 4.69) is 11.6 Å². The number of ether oxygens (including phenoxy) is 2. The smallest absolute Gasteiger partial charge is 0.338 e. The number of benzene rings is 2. The van der Waals surface area contributed by atoms with E-state index >= 15 is 0 Å². The zero-order valence-corrected chi connectivity index (χ0v) is 18.6. The van der Waals surface area contributed by atoms with Crippen molar-refractivity contribution in [2.45, 2.75) is 26.0 Å². The summed E-state index contributed by atoms with van der Waals surface area (Å²) >= 11 is 1.52. The number of hydrogen-bond donors (Lipinski definition) is 0. The summed E-state index contributed by atoms with van der Waals surface area (Å²) in [5, 5.41) is 0.619. The summed E-state index contributed by atoms with van der Waals surface area (Å²) in [6.07, 6.45) is 1.91. The minimum absolute atomic E-state index is 0.0570. The van der Waals surface area contributed by atoms with E-state index in [0.29, 0.717) is 41.0 Å². The zero-order valence-electron chi connectivity index (χ0n) is 17.8. The standard InChI is InChI=1S/C25H24N2O4S/c1-3-14-30-24(29)22-17(2)26-25-27(21(28)13-15-32-25)23(22)19-9-11-20(12-10-19)31-16-18-7-5-4-6-8-18/h3-12,23H,1,13-16H2,2H3/t23-/m0/s1. The summed E-state index contributed by atoms with van der Waals surface area (Å²) in [4.78, 5) is 31.9. The fourth-order valence-corrected chi connectivity index (χ4v) is 4.68. The Hall–Kier alpha value is -3.32. The van der Waals surface area contributed by atoms with E-state index < -0.39 is 12.0 Å². The van der Waals surface area contributed by atoms with Crippen LogP contribution in [-0.2, 0) is 20.9 Å². The third kappa shape index (κ3) is 4.62. The van der Waals surface area contributed by atoms with E-state index in [1.165, 1.54) is 17.8 Å². The number of esters is 1. The molecule has 0 aliphatic carbocycles. The van der Waals surface area contributed by atoms with Gasteiger partial charge in [-0.2, -0.15) is 0 Å². The average molecular weight is 449 g/mol. The van der Waals surface area contributed by atoms with Crippen molar-refractivity contribution >= 4 is 28.8 Å². The Morgan fingerprint density at radius 2 is 1.97 bits per heavy atom. The van der Waals surface area contributed by atoms with Crippen LogP contribution in [0.5, 0.6) is 5.75 Å². The topological polar surface area (TPSA) is 68.2 Å². The van der Waals surface area contributed by atoms with E-state index in [4.69, 9.17) is 9.47 Å². The lowest BCUT2D eigenvalue weighted by molar-refractivity contribution is -0.139. The highest BCUT2D eigenvalue weighted by atomic mass is 32.2. The van der Waals surface area contributed by atoms with Crippen molar-refractivity contribution in [1.29, 1.82) is 0 Å². The Morgan fingerprint density at radius 1 is 1.22 bits per heavy atom. The van der Waals surface area contributed by atoms with Gasteiger partial charge in [-0.15, -0.1) is 0 Å². The van der Waals surface area contributed by atoms with Crippen molar-refractivity contribution < 1.29 is 19.1 Å². The first-order valence-corrected chi connectivity index (χ1v) is 11.4. The monoisotopic (exact) mass is 448 g/mol. The van der Waals surface area contributed by atoms with E-state index in [0.717, 1.165) is 11.1 Å². The summed E-state index contributed by atoms with van der Waals surface area (Å²) in [5.41, 5.74) is 2.79. The second kappa shape index (κ2) is 9.87. The molecule has 0 bridgehead atoms. The first kappa shape index (κ1) is 21.9. The van der Waals surface area contributed by atoms with Gasteiger partial charge in [0, 0.05) is 12.2 Å². The Bertz CT molecular complexity index is 1080. The van der Waals surface area contributed by atoms with Gasteiger partial charge in [-0.1, -0.05) is 66.9 Å². The van der Waals surface area contributed by atoms with Crippen molar-refractivity contribution in [3.05, 3.63) is 89.6 Å². The highest BCUT2D eigenvalue weighted by molar-refractivity contribution is 8.14. The van der Waals surface area contributed by atoms with Gasteiger partial charge in [0.1, 0.15) is 19.0 Å². The third-order valence-corrected chi connectivity index (χ3v) is 6.16. The van der Waals surface area contributed by atoms with Crippen LogP contribution >= 0.6 is 11.8 Å².